The quantitative estimate of drug-likeness (QED) is 0.667. The van der Waals surface area contributed by atoms with Crippen molar-refractivity contribution in [2.24, 2.45) is 23.7 Å². The van der Waals surface area contributed by atoms with Gasteiger partial charge in [0, 0.05) is 5.92 Å². The van der Waals surface area contributed by atoms with E-state index in [9.17, 15) is 4.39 Å². The van der Waals surface area contributed by atoms with Crippen LogP contribution in [0.4, 0.5) is 4.39 Å². The predicted molar refractivity (Wildman–Crippen MR) is 76.0 cm³/mol. The summed E-state index contributed by atoms with van der Waals surface area (Å²) in [5.74, 6) is 2.95. The van der Waals surface area contributed by atoms with E-state index in [1.165, 1.54) is 38.5 Å². The molecule has 19 heavy (non-hydrogen) atoms. The van der Waals surface area contributed by atoms with E-state index in [0.717, 1.165) is 43.4 Å². The largest absolute Gasteiger partial charge is 0.216 e. The molecule has 0 aromatic rings. The topological polar surface area (TPSA) is 23.8 Å². The molecule has 1 nitrogen and oxygen atoms in total. The fraction of sp³-hybridized carbons (Fsp3) is 0.824. The maximum Gasteiger partial charge on any atom is 0.0827 e. The molecule has 0 amide bonds. The van der Waals surface area contributed by atoms with Gasteiger partial charge in [-0.1, -0.05) is 18.9 Å². The molecule has 2 aliphatic rings. The first-order valence-electron chi connectivity index (χ1n) is 7.98. The first-order chi connectivity index (χ1) is 9.33. The molecule has 2 rings (SSSR count). The Morgan fingerprint density at radius 2 is 1.53 bits per heavy atom. The van der Waals surface area contributed by atoms with Gasteiger partial charge in [0.25, 0.3) is 0 Å². The summed E-state index contributed by atoms with van der Waals surface area (Å²) in [4.78, 5) is 0. The molecule has 2 saturated carbocycles. The zero-order chi connectivity index (χ0) is 13.5. The smallest absolute Gasteiger partial charge is 0.0827 e. The third-order valence-corrected chi connectivity index (χ3v) is 5.34. The Hall–Kier alpha value is -0.840. The van der Waals surface area contributed by atoms with E-state index >= 15 is 0 Å². The van der Waals surface area contributed by atoms with Gasteiger partial charge in [0.2, 0.25) is 0 Å². The maximum atomic E-state index is 11.9. The average molecular weight is 263 g/mol. The normalized spacial score (nSPS) is 36.2. The fourth-order valence-corrected chi connectivity index (χ4v) is 4.06. The Morgan fingerprint density at radius 1 is 0.947 bits per heavy atom. The standard InChI is InChI=1S/C17H26FN/c18-12-2-1-3-14-4-8-16(9-5-14)17-10-6-15(13-19)7-11-17/h2,12,14-17H,1,3-11H2/b12-2+. The maximum absolute atomic E-state index is 11.9. The molecule has 0 heterocycles. The van der Waals surface area contributed by atoms with Crippen LogP contribution >= 0.6 is 0 Å². The summed E-state index contributed by atoms with van der Waals surface area (Å²) in [6.07, 6.45) is 14.6. The molecule has 2 aliphatic carbocycles. The van der Waals surface area contributed by atoms with Gasteiger partial charge in [-0.15, -0.1) is 0 Å². The number of allylic oxidation sites excluding steroid dienone is 1. The minimum Gasteiger partial charge on any atom is -0.216 e. The van der Waals surface area contributed by atoms with Gasteiger partial charge < -0.3 is 0 Å². The molecule has 0 unspecified atom stereocenters. The molecular formula is C17H26FN. The molecule has 0 spiro atoms. The van der Waals surface area contributed by atoms with Crippen molar-refractivity contribution in [3.05, 3.63) is 12.4 Å². The van der Waals surface area contributed by atoms with Crippen molar-refractivity contribution < 1.29 is 4.39 Å². The fourth-order valence-electron chi connectivity index (χ4n) is 4.06. The second-order valence-corrected chi connectivity index (χ2v) is 6.46. The van der Waals surface area contributed by atoms with Gasteiger partial charge in [0.15, 0.2) is 0 Å². The zero-order valence-corrected chi connectivity index (χ0v) is 11.9. The molecule has 2 heteroatoms. The summed E-state index contributed by atoms with van der Waals surface area (Å²) < 4.78 is 11.9. The van der Waals surface area contributed by atoms with E-state index in [4.69, 9.17) is 5.26 Å². The van der Waals surface area contributed by atoms with Crippen molar-refractivity contribution in [1.82, 2.24) is 0 Å². The monoisotopic (exact) mass is 263 g/mol. The third kappa shape index (κ3) is 4.34. The molecule has 106 valence electrons. The summed E-state index contributed by atoms with van der Waals surface area (Å²) in [6.45, 7) is 0. The SMILES string of the molecule is N#CC1CCC(C2CCC(CC/C=C/F)CC2)CC1. The highest BCUT2D eigenvalue weighted by molar-refractivity contribution is 4.89. The van der Waals surface area contributed by atoms with Crippen LogP contribution in [-0.4, -0.2) is 0 Å². The Labute approximate surface area is 116 Å². The number of nitrogens with zero attached hydrogens (tertiary/aromatic N) is 1. The highest BCUT2D eigenvalue weighted by Gasteiger charge is 2.30. The van der Waals surface area contributed by atoms with Crippen molar-refractivity contribution in [3.63, 3.8) is 0 Å². The van der Waals surface area contributed by atoms with Crippen LogP contribution in [0.5, 0.6) is 0 Å². The second-order valence-electron chi connectivity index (χ2n) is 6.46. The molecule has 0 aliphatic heterocycles. The van der Waals surface area contributed by atoms with Crippen LogP contribution in [0.3, 0.4) is 0 Å². The molecule has 0 saturated heterocycles. The molecule has 0 bridgehead atoms. The zero-order valence-electron chi connectivity index (χ0n) is 11.9. The Kier molecular flexibility index (Phi) is 5.89. The first kappa shape index (κ1) is 14.6. The lowest BCUT2D eigenvalue weighted by atomic mass is 9.69. The molecule has 0 aromatic carbocycles. The van der Waals surface area contributed by atoms with Crippen LogP contribution in [0.2, 0.25) is 0 Å². The Bertz CT molecular complexity index is 315. The van der Waals surface area contributed by atoms with Gasteiger partial charge in [-0.05, 0) is 69.1 Å². The van der Waals surface area contributed by atoms with Crippen molar-refractivity contribution in [3.8, 4) is 6.07 Å². The molecule has 0 aromatic heterocycles. The average Bonchev–Trinajstić information content (AvgIpc) is 2.48. The lowest BCUT2D eigenvalue weighted by Crippen LogP contribution is -2.25. The predicted octanol–water partition coefficient (Wildman–Crippen LogP) is 5.39. The van der Waals surface area contributed by atoms with Crippen molar-refractivity contribution in [2.45, 2.75) is 64.2 Å². The molecule has 0 N–H and O–H groups in total. The van der Waals surface area contributed by atoms with E-state index in [0.29, 0.717) is 12.2 Å². The lowest BCUT2D eigenvalue weighted by Gasteiger charge is -2.36. The summed E-state index contributed by atoms with van der Waals surface area (Å²) in [5.41, 5.74) is 0. The number of halogens is 1. The molecule has 0 atom stereocenters. The van der Waals surface area contributed by atoms with E-state index in [1.807, 2.05) is 0 Å². The molecule has 0 radical (unpaired) electrons. The van der Waals surface area contributed by atoms with Gasteiger partial charge in [-0.25, -0.2) is 4.39 Å². The van der Waals surface area contributed by atoms with Crippen molar-refractivity contribution >= 4 is 0 Å². The van der Waals surface area contributed by atoms with E-state index in [-0.39, 0.29) is 0 Å². The van der Waals surface area contributed by atoms with Gasteiger partial charge in [0.05, 0.1) is 12.4 Å². The van der Waals surface area contributed by atoms with Gasteiger partial charge in [0.1, 0.15) is 0 Å². The molecule has 2 fully saturated rings. The van der Waals surface area contributed by atoms with Crippen LogP contribution in [0, 0.1) is 35.0 Å². The highest BCUT2D eigenvalue weighted by Crippen LogP contribution is 2.42. The number of hydrogen-bond donors (Lipinski definition) is 0. The van der Waals surface area contributed by atoms with Crippen LogP contribution < -0.4 is 0 Å². The minimum atomic E-state index is 0.333. The van der Waals surface area contributed by atoms with Crippen LogP contribution in [0.15, 0.2) is 12.4 Å². The minimum absolute atomic E-state index is 0.333. The van der Waals surface area contributed by atoms with Crippen LogP contribution in [0.1, 0.15) is 64.2 Å². The second kappa shape index (κ2) is 7.68. The van der Waals surface area contributed by atoms with Crippen molar-refractivity contribution in [1.29, 1.82) is 5.26 Å². The number of nitriles is 1. The Balaban J connectivity index is 1.67. The van der Waals surface area contributed by atoms with Gasteiger partial charge in [-0.3, -0.25) is 0 Å². The summed E-state index contributed by atoms with van der Waals surface area (Å²) in [5, 5.41) is 8.94. The van der Waals surface area contributed by atoms with E-state index < -0.39 is 0 Å². The summed E-state index contributed by atoms with van der Waals surface area (Å²) >= 11 is 0. The van der Waals surface area contributed by atoms with Crippen LogP contribution in [0.25, 0.3) is 0 Å². The highest BCUT2D eigenvalue weighted by atomic mass is 19.1. The van der Waals surface area contributed by atoms with E-state index in [2.05, 4.69) is 6.07 Å². The third-order valence-electron chi connectivity index (χ3n) is 5.34. The van der Waals surface area contributed by atoms with E-state index in [1.54, 1.807) is 6.08 Å². The molecular weight excluding hydrogens is 237 g/mol. The number of hydrogen-bond acceptors (Lipinski definition) is 1. The summed E-state index contributed by atoms with van der Waals surface area (Å²) in [7, 11) is 0. The van der Waals surface area contributed by atoms with Crippen molar-refractivity contribution in [2.75, 3.05) is 0 Å². The lowest BCUT2D eigenvalue weighted by molar-refractivity contribution is 0.154. The van der Waals surface area contributed by atoms with Gasteiger partial charge in [-0.2, -0.15) is 5.26 Å². The Morgan fingerprint density at radius 3 is 2.05 bits per heavy atom. The van der Waals surface area contributed by atoms with Crippen LogP contribution in [-0.2, 0) is 0 Å². The first-order valence-corrected chi connectivity index (χ1v) is 7.98. The number of rotatable bonds is 4. The van der Waals surface area contributed by atoms with Gasteiger partial charge >= 0.3 is 0 Å². The summed E-state index contributed by atoms with van der Waals surface area (Å²) in [6, 6.07) is 2.43.